The third-order valence-electron chi connectivity index (χ3n) is 4.73. The number of hydrogen-bond acceptors (Lipinski definition) is 6. The molecule has 0 saturated carbocycles. The second-order valence-electron chi connectivity index (χ2n) is 6.35. The molecule has 3 aromatic rings. The molecule has 3 heterocycles. The number of halogens is 1. The van der Waals surface area contributed by atoms with Crippen LogP contribution in [0.4, 0.5) is 5.82 Å². The highest BCUT2D eigenvalue weighted by Crippen LogP contribution is 2.40. The quantitative estimate of drug-likeness (QED) is 0.631. The fourth-order valence-corrected chi connectivity index (χ4v) is 4.72. The normalized spacial score (nSPS) is 19.7. The Bertz CT molecular complexity index is 976. The van der Waals surface area contributed by atoms with E-state index < -0.39 is 12.0 Å². The van der Waals surface area contributed by atoms with Crippen LogP contribution in [-0.4, -0.2) is 46.3 Å². The lowest BCUT2D eigenvalue weighted by molar-refractivity contribution is -0.138. The number of aliphatic carboxylic acids is 1. The van der Waals surface area contributed by atoms with Gasteiger partial charge in [-0.1, -0.05) is 28.1 Å². The standard InChI is InChI=1S/C19H18BrN3O3S/c1-2-26-13-7-15(19(24)25)23(8-13)17-16-14(9-27-18(16)22-10-21-17)11-3-5-12(20)6-4-11/h3-6,9-10,13,15H,2,7-8H2,1H3,(H,24,25)/t13-,15+/m1/s1. The van der Waals surface area contributed by atoms with Crippen molar-refractivity contribution in [2.24, 2.45) is 0 Å². The number of anilines is 1. The highest BCUT2D eigenvalue weighted by Gasteiger charge is 2.39. The lowest BCUT2D eigenvalue weighted by Gasteiger charge is -2.23. The molecule has 1 saturated heterocycles. The Hall–Kier alpha value is -2.03. The van der Waals surface area contributed by atoms with Crippen molar-refractivity contribution in [3.8, 4) is 11.1 Å². The number of rotatable bonds is 5. The largest absolute Gasteiger partial charge is 0.480 e. The molecule has 0 unspecified atom stereocenters. The molecule has 0 radical (unpaired) electrons. The molecule has 0 amide bonds. The van der Waals surface area contributed by atoms with Crippen LogP contribution in [0.15, 0.2) is 40.4 Å². The summed E-state index contributed by atoms with van der Waals surface area (Å²) in [4.78, 5) is 23.4. The van der Waals surface area contributed by atoms with E-state index >= 15 is 0 Å². The lowest BCUT2D eigenvalue weighted by Crippen LogP contribution is -2.36. The zero-order valence-corrected chi connectivity index (χ0v) is 17.0. The van der Waals surface area contributed by atoms with Crippen molar-refractivity contribution in [3.05, 3.63) is 40.4 Å². The average Bonchev–Trinajstić information content (AvgIpc) is 3.27. The summed E-state index contributed by atoms with van der Waals surface area (Å²) in [5, 5.41) is 12.7. The number of hydrogen-bond donors (Lipinski definition) is 1. The van der Waals surface area contributed by atoms with Gasteiger partial charge in [-0.2, -0.15) is 0 Å². The third-order valence-corrected chi connectivity index (χ3v) is 6.14. The van der Waals surface area contributed by atoms with E-state index in [2.05, 4.69) is 31.3 Å². The van der Waals surface area contributed by atoms with Gasteiger partial charge in [0.2, 0.25) is 0 Å². The second-order valence-corrected chi connectivity index (χ2v) is 8.13. The molecular formula is C19H18BrN3O3S. The minimum absolute atomic E-state index is 0.115. The Morgan fingerprint density at radius 3 is 2.85 bits per heavy atom. The van der Waals surface area contributed by atoms with E-state index in [0.717, 1.165) is 25.8 Å². The highest BCUT2D eigenvalue weighted by molar-refractivity contribution is 9.10. The molecular weight excluding hydrogens is 430 g/mol. The fraction of sp³-hybridized carbons (Fsp3) is 0.316. The van der Waals surface area contributed by atoms with Gasteiger partial charge in [0.05, 0.1) is 11.5 Å². The van der Waals surface area contributed by atoms with Crippen LogP contribution < -0.4 is 4.90 Å². The first kappa shape index (κ1) is 18.3. The predicted octanol–water partition coefficient (Wildman–Crippen LogP) is 4.19. The number of benzene rings is 1. The van der Waals surface area contributed by atoms with Crippen LogP contribution in [0.2, 0.25) is 0 Å². The maximum absolute atomic E-state index is 11.9. The molecule has 4 rings (SSSR count). The summed E-state index contributed by atoms with van der Waals surface area (Å²) in [5.41, 5.74) is 2.06. The first-order valence-electron chi connectivity index (χ1n) is 8.67. The van der Waals surface area contributed by atoms with E-state index in [1.807, 2.05) is 36.1 Å². The van der Waals surface area contributed by atoms with Gasteiger partial charge >= 0.3 is 5.97 Å². The average molecular weight is 448 g/mol. The molecule has 1 fully saturated rings. The monoisotopic (exact) mass is 447 g/mol. The van der Waals surface area contributed by atoms with Crippen LogP contribution in [0, 0.1) is 0 Å². The molecule has 2 aromatic heterocycles. The van der Waals surface area contributed by atoms with Crippen molar-refractivity contribution >= 4 is 49.3 Å². The summed E-state index contributed by atoms with van der Waals surface area (Å²) >= 11 is 5.00. The topological polar surface area (TPSA) is 75.6 Å². The summed E-state index contributed by atoms with van der Waals surface area (Å²) in [6, 6.07) is 7.39. The smallest absolute Gasteiger partial charge is 0.326 e. The molecule has 2 atom stereocenters. The minimum Gasteiger partial charge on any atom is -0.480 e. The summed E-state index contributed by atoms with van der Waals surface area (Å²) < 4.78 is 6.71. The second kappa shape index (κ2) is 7.53. The van der Waals surface area contributed by atoms with Gasteiger partial charge in [-0.3, -0.25) is 0 Å². The number of carbonyl (C=O) groups is 1. The van der Waals surface area contributed by atoms with Gasteiger partial charge in [0.15, 0.2) is 0 Å². The number of fused-ring (bicyclic) bond motifs is 1. The van der Waals surface area contributed by atoms with Crippen molar-refractivity contribution in [2.45, 2.75) is 25.5 Å². The lowest BCUT2D eigenvalue weighted by atomic mass is 10.1. The molecule has 0 spiro atoms. The van der Waals surface area contributed by atoms with E-state index in [4.69, 9.17) is 4.74 Å². The van der Waals surface area contributed by atoms with Gasteiger partial charge < -0.3 is 14.7 Å². The van der Waals surface area contributed by atoms with E-state index in [1.54, 1.807) is 0 Å². The molecule has 8 heteroatoms. The van der Waals surface area contributed by atoms with Gasteiger partial charge in [0.1, 0.15) is 23.0 Å². The van der Waals surface area contributed by atoms with E-state index in [9.17, 15) is 9.90 Å². The first-order chi connectivity index (χ1) is 13.1. The van der Waals surface area contributed by atoms with Crippen molar-refractivity contribution < 1.29 is 14.6 Å². The Labute approximate surface area is 168 Å². The van der Waals surface area contributed by atoms with Crippen LogP contribution in [0.1, 0.15) is 13.3 Å². The van der Waals surface area contributed by atoms with E-state index in [1.165, 1.54) is 17.7 Å². The zero-order chi connectivity index (χ0) is 19.0. The highest BCUT2D eigenvalue weighted by atomic mass is 79.9. The Morgan fingerprint density at radius 2 is 2.15 bits per heavy atom. The van der Waals surface area contributed by atoms with Crippen LogP contribution in [0.25, 0.3) is 21.3 Å². The van der Waals surface area contributed by atoms with Crippen LogP contribution in [0.3, 0.4) is 0 Å². The van der Waals surface area contributed by atoms with Gasteiger partial charge in [-0.15, -0.1) is 11.3 Å². The Morgan fingerprint density at radius 1 is 1.37 bits per heavy atom. The van der Waals surface area contributed by atoms with E-state index in [0.29, 0.717) is 25.4 Å². The fourth-order valence-electron chi connectivity index (χ4n) is 3.54. The van der Waals surface area contributed by atoms with Crippen molar-refractivity contribution in [3.63, 3.8) is 0 Å². The number of ether oxygens (including phenoxy) is 1. The molecule has 27 heavy (non-hydrogen) atoms. The number of carboxylic acids is 1. The Balaban J connectivity index is 1.83. The summed E-state index contributed by atoms with van der Waals surface area (Å²) in [6.45, 7) is 2.99. The Kier molecular flexibility index (Phi) is 5.12. The van der Waals surface area contributed by atoms with Gasteiger partial charge in [0, 0.05) is 35.0 Å². The van der Waals surface area contributed by atoms with Crippen molar-refractivity contribution in [2.75, 3.05) is 18.1 Å². The molecule has 0 aliphatic carbocycles. The van der Waals surface area contributed by atoms with Gasteiger partial charge in [-0.05, 0) is 24.6 Å². The summed E-state index contributed by atoms with van der Waals surface area (Å²) in [5.74, 6) is -0.196. The molecule has 1 aliphatic rings. The predicted molar refractivity (Wildman–Crippen MR) is 109 cm³/mol. The summed E-state index contributed by atoms with van der Waals surface area (Å²) in [6.07, 6.45) is 1.84. The SMILES string of the molecule is CCO[C@@H]1C[C@@H](C(=O)O)N(c2ncnc3scc(-c4ccc(Br)cc4)c23)C1. The number of nitrogens with zero attached hydrogens (tertiary/aromatic N) is 3. The number of aromatic nitrogens is 2. The maximum atomic E-state index is 11.9. The molecule has 1 N–H and O–H groups in total. The molecule has 0 bridgehead atoms. The number of carboxylic acid groups (broad SMARTS) is 1. The van der Waals surface area contributed by atoms with Gasteiger partial charge in [0.25, 0.3) is 0 Å². The van der Waals surface area contributed by atoms with Crippen LogP contribution in [-0.2, 0) is 9.53 Å². The molecule has 1 aromatic carbocycles. The zero-order valence-electron chi connectivity index (χ0n) is 14.6. The summed E-state index contributed by atoms with van der Waals surface area (Å²) in [7, 11) is 0. The van der Waals surface area contributed by atoms with Crippen molar-refractivity contribution in [1.82, 2.24) is 9.97 Å². The third kappa shape index (κ3) is 3.44. The molecule has 1 aliphatic heterocycles. The van der Waals surface area contributed by atoms with E-state index in [-0.39, 0.29) is 6.10 Å². The minimum atomic E-state index is -0.857. The van der Waals surface area contributed by atoms with Crippen LogP contribution in [0.5, 0.6) is 0 Å². The molecule has 6 nitrogen and oxygen atoms in total. The maximum Gasteiger partial charge on any atom is 0.326 e. The number of thiophene rings is 1. The van der Waals surface area contributed by atoms with Gasteiger partial charge in [-0.25, -0.2) is 14.8 Å². The van der Waals surface area contributed by atoms with Crippen molar-refractivity contribution in [1.29, 1.82) is 0 Å². The first-order valence-corrected chi connectivity index (χ1v) is 10.3. The molecule has 140 valence electrons. The van der Waals surface area contributed by atoms with Crippen LogP contribution >= 0.6 is 27.3 Å².